The van der Waals surface area contributed by atoms with Crippen molar-refractivity contribution in [3.8, 4) is 0 Å². The summed E-state index contributed by atoms with van der Waals surface area (Å²) in [7, 11) is -3.49. The van der Waals surface area contributed by atoms with Crippen molar-refractivity contribution in [3.63, 3.8) is 0 Å². The SMILES string of the molecule is CCN(CC)S(=O)(=O)c1ccc(/C=C/C(=O)N2CCCC(c3nnc4ccccn34)C2)cc1. The van der Waals surface area contributed by atoms with Gasteiger partial charge in [-0.3, -0.25) is 9.20 Å². The number of nitrogens with zero attached hydrogens (tertiary/aromatic N) is 5. The largest absolute Gasteiger partial charge is 0.338 e. The molecule has 2 aromatic heterocycles. The molecule has 1 aliphatic heterocycles. The first-order valence-electron chi connectivity index (χ1n) is 11.3. The van der Waals surface area contributed by atoms with E-state index in [9.17, 15) is 13.2 Å². The van der Waals surface area contributed by atoms with E-state index in [0.29, 0.717) is 26.2 Å². The smallest absolute Gasteiger partial charge is 0.246 e. The van der Waals surface area contributed by atoms with Crippen LogP contribution in [0.2, 0.25) is 0 Å². The van der Waals surface area contributed by atoms with Crippen LogP contribution >= 0.6 is 0 Å². The molecule has 9 heteroatoms. The van der Waals surface area contributed by atoms with Gasteiger partial charge in [-0.15, -0.1) is 10.2 Å². The van der Waals surface area contributed by atoms with Crippen LogP contribution in [-0.4, -0.2) is 64.3 Å². The Labute approximate surface area is 194 Å². The average Bonchev–Trinajstić information content (AvgIpc) is 3.28. The lowest BCUT2D eigenvalue weighted by atomic mass is 9.97. The molecule has 1 fully saturated rings. The molecule has 0 N–H and O–H groups in total. The monoisotopic (exact) mass is 467 g/mol. The lowest BCUT2D eigenvalue weighted by Crippen LogP contribution is -2.38. The molecule has 1 aliphatic rings. The molecule has 1 atom stereocenters. The maximum atomic E-state index is 12.8. The third-order valence-electron chi connectivity index (χ3n) is 6.08. The molecule has 3 heterocycles. The molecule has 3 aromatic rings. The molecule has 33 heavy (non-hydrogen) atoms. The van der Waals surface area contributed by atoms with E-state index < -0.39 is 10.0 Å². The van der Waals surface area contributed by atoms with Gasteiger partial charge in [-0.25, -0.2) is 8.42 Å². The maximum Gasteiger partial charge on any atom is 0.246 e. The molecule has 174 valence electrons. The highest BCUT2D eigenvalue weighted by Crippen LogP contribution is 2.26. The Hall–Kier alpha value is -3.04. The van der Waals surface area contributed by atoms with Gasteiger partial charge in [0.25, 0.3) is 0 Å². The van der Waals surface area contributed by atoms with Crippen LogP contribution < -0.4 is 0 Å². The molecule has 0 spiro atoms. The van der Waals surface area contributed by atoms with Crippen LogP contribution in [0.5, 0.6) is 0 Å². The van der Waals surface area contributed by atoms with Gasteiger partial charge in [0.1, 0.15) is 5.82 Å². The summed E-state index contributed by atoms with van der Waals surface area (Å²) in [5, 5.41) is 8.60. The molecule has 0 bridgehead atoms. The summed E-state index contributed by atoms with van der Waals surface area (Å²) in [6.07, 6.45) is 7.11. The van der Waals surface area contributed by atoms with E-state index in [4.69, 9.17) is 0 Å². The second-order valence-electron chi connectivity index (χ2n) is 8.10. The van der Waals surface area contributed by atoms with Gasteiger partial charge in [0.2, 0.25) is 15.9 Å². The molecule has 1 saturated heterocycles. The second-order valence-corrected chi connectivity index (χ2v) is 10.0. The lowest BCUT2D eigenvalue weighted by Gasteiger charge is -2.31. The van der Waals surface area contributed by atoms with Crippen LogP contribution in [0.25, 0.3) is 11.7 Å². The Balaban J connectivity index is 1.43. The third kappa shape index (κ3) is 4.84. The van der Waals surface area contributed by atoms with Gasteiger partial charge in [0, 0.05) is 44.4 Å². The Bertz CT molecular complexity index is 1250. The number of hydrogen-bond donors (Lipinski definition) is 0. The number of sulfonamides is 1. The van der Waals surface area contributed by atoms with E-state index in [2.05, 4.69) is 10.2 Å². The lowest BCUT2D eigenvalue weighted by molar-refractivity contribution is -0.127. The summed E-state index contributed by atoms with van der Waals surface area (Å²) in [6, 6.07) is 12.4. The summed E-state index contributed by atoms with van der Waals surface area (Å²) < 4.78 is 28.7. The Kier molecular flexibility index (Phi) is 6.90. The standard InChI is InChI=1S/C24H29N5O3S/c1-3-28(4-2)33(31,32)21-13-10-19(11-14-21)12-15-23(30)27-16-7-8-20(18-27)24-26-25-22-9-5-6-17-29(22)24/h5-6,9-15,17,20H,3-4,7-8,16,18H2,1-2H3/b15-12+. The van der Waals surface area contributed by atoms with E-state index in [0.717, 1.165) is 29.9 Å². The summed E-state index contributed by atoms with van der Waals surface area (Å²) >= 11 is 0. The molecule has 0 radical (unpaired) electrons. The normalized spacial score (nSPS) is 17.3. The number of fused-ring (bicyclic) bond motifs is 1. The minimum atomic E-state index is -3.49. The van der Waals surface area contributed by atoms with Gasteiger partial charge in [0.05, 0.1) is 4.90 Å². The Morgan fingerprint density at radius 2 is 1.88 bits per heavy atom. The first-order valence-corrected chi connectivity index (χ1v) is 12.7. The zero-order valence-corrected chi connectivity index (χ0v) is 19.8. The minimum absolute atomic E-state index is 0.0617. The molecule has 8 nitrogen and oxygen atoms in total. The van der Waals surface area contributed by atoms with Gasteiger partial charge < -0.3 is 4.90 Å². The first kappa shape index (κ1) is 23.1. The second kappa shape index (κ2) is 9.84. The molecule has 1 amide bonds. The molecular weight excluding hydrogens is 438 g/mol. The summed E-state index contributed by atoms with van der Waals surface area (Å²) in [5.41, 5.74) is 1.58. The van der Waals surface area contributed by atoms with Gasteiger partial charge in [0.15, 0.2) is 5.65 Å². The van der Waals surface area contributed by atoms with Gasteiger partial charge in [-0.05, 0) is 48.7 Å². The maximum absolute atomic E-state index is 12.8. The van der Waals surface area contributed by atoms with Crippen molar-refractivity contribution in [1.82, 2.24) is 23.8 Å². The van der Waals surface area contributed by atoms with Crippen LogP contribution in [0, 0.1) is 0 Å². The van der Waals surface area contributed by atoms with Crippen molar-refractivity contribution in [1.29, 1.82) is 0 Å². The number of carbonyl (C=O) groups is 1. The van der Waals surface area contributed by atoms with E-state index >= 15 is 0 Å². The molecular formula is C24H29N5O3S. The zero-order valence-electron chi connectivity index (χ0n) is 19.0. The Morgan fingerprint density at radius 3 is 2.61 bits per heavy atom. The number of likely N-dealkylation sites (tertiary alicyclic amines) is 1. The molecule has 1 aromatic carbocycles. The highest BCUT2D eigenvalue weighted by molar-refractivity contribution is 7.89. The van der Waals surface area contributed by atoms with Gasteiger partial charge in [-0.2, -0.15) is 4.31 Å². The first-order chi connectivity index (χ1) is 15.9. The van der Waals surface area contributed by atoms with E-state index in [1.807, 2.05) is 47.5 Å². The number of carbonyl (C=O) groups excluding carboxylic acids is 1. The average molecular weight is 468 g/mol. The summed E-state index contributed by atoms with van der Waals surface area (Å²) in [6.45, 7) is 5.80. The number of piperidine rings is 1. The summed E-state index contributed by atoms with van der Waals surface area (Å²) in [5.74, 6) is 0.962. The minimum Gasteiger partial charge on any atom is -0.338 e. The number of rotatable bonds is 7. The number of aromatic nitrogens is 3. The predicted molar refractivity (Wildman–Crippen MR) is 127 cm³/mol. The highest BCUT2D eigenvalue weighted by Gasteiger charge is 2.27. The van der Waals surface area contributed by atoms with Gasteiger partial charge in [-0.1, -0.05) is 32.0 Å². The van der Waals surface area contributed by atoms with Crippen LogP contribution in [0.4, 0.5) is 0 Å². The third-order valence-corrected chi connectivity index (χ3v) is 8.14. The molecule has 0 saturated carbocycles. The fourth-order valence-corrected chi connectivity index (χ4v) is 5.72. The van der Waals surface area contributed by atoms with Crippen LogP contribution in [0.3, 0.4) is 0 Å². The van der Waals surface area contributed by atoms with Crippen LogP contribution in [-0.2, 0) is 14.8 Å². The van der Waals surface area contributed by atoms with Crippen molar-refractivity contribution in [2.45, 2.75) is 37.5 Å². The van der Waals surface area contributed by atoms with Crippen molar-refractivity contribution in [3.05, 3.63) is 66.1 Å². The number of amides is 1. The van der Waals surface area contributed by atoms with E-state index in [1.165, 1.54) is 4.31 Å². The zero-order chi connectivity index (χ0) is 23.4. The highest BCUT2D eigenvalue weighted by atomic mass is 32.2. The Morgan fingerprint density at radius 1 is 1.12 bits per heavy atom. The number of benzene rings is 1. The van der Waals surface area contributed by atoms with E-state index in [1.54, 1.807) is 36.4 Å². The fraction of sp³-hybridized carbons (Fsp3) is 0.375. The quantitative estimate of drug-likeness (QED) is 0.498. The predicted octanol–water partition coefficient (Wildman–Crippen LogP) is 3.18. The molecule has 0 aliphatic carbocycles. The van der Waals surface area contributed by atoms with Crippen LogP contribution in [0.1, 0.15) is 44.0 Å². The van der Waals surface area contributed by atoms with E-state index in [-0.39, 0.29) is 16.7 Å². The van der Waals surface area contributed by atoms with Crippen LogP contribution in [0.15, 0.2) is 59.6 Å². The molecule has 4 rings (SSSR count). The van der Waals surface area contributed by atoms with Crippen molar-refractivity contribution in [2.24, 2.45) is 0 Å². The summed E-state index contributed by atoms with van der Waals surface area (Å²) in [4.78, 5) is 14.9. The van der Waals surface area contributed by atoms with Crippen molar-refractivity contribution < 1.29 is 13.2 Å². The number of hydrogen-bond acceptors (Lipinski definition) is 5. The van der Waals surface area contributed by atoms with Crippen molar-refractivity contribution >= 4 is 27.7 Å². The number of pyridine rings is 1. The van der Waals surface area contributed by atoms with Gasteiger partial charge >= 0.3 is 0 Å². The van der Waals surface area contributed by atoms with Crippen molar-refractivity contribution in [2.75, 3.05) is 26.2 Å². The molecule has 1 unspecified atom stereocenters. The fourth-order valence-electron chi connectivity index (χ4n) is 4.26. The topological polar surface area (TPSA) is 87.9 Å².